The van der Waals surface area contributed by atoms with Crippen LogP contribution in [0.25, 0.3) is 0 Å². The highest BCUT2D eigenvalue weighted by atomic mass is 32.2. The zero-order chi connectivity index (χ0) is 9.47. The minimum Gasteiger partial charge on any atom is -0.343 e. The molecule has 1 heterocycles. The predicted molar refractivity (Wildman–Crippen MR) is 44.5 cm³/mol. The molecule has 13 heavy (non-hydrogen) atoms. The van der Waals surface area contributed by atoms with Crippen LogP contribution in [0.4, 0.5) is 0 Å². The van der Waals surface area contributed by atoms with Gasteiger partial charge >= 0.3 is 0 Å². The highest BCUT2D eigenvalue weighted by molar-refractivity contribution is 7.89. The van der Waals surface area contributed by atoms with Gasteiger partial charge in [0, 0.05) is 12.0 Å². The average Bonchev–Trinajstić information content (AvgIpc) is 2.29. The van der Waals surface area contributed by atoms with Gasteiger partial charge in [-0.25, -0.2) is 13.6 Å². The van der Waals surface area contributed by atoms with Crippen molar-refractivity contribution in [2.24, 2.45) is 5.14 Å². The van der Waals surface area contributed by atoms with E-state index >= 15 is 0 Å². The Hall–Kier alpha value is -0.880. The molecule has 0 atom stereocenters. The second-order valence-corrected chi connectivity index (χ2v) is 4.74. The van der Waals surface area contributed by atoms with Crippen LogP contribution in [0.1, 0.15) is 30.9 Å². The molecular formula is C7H10N2O3S. The second-order valence-electron chi connectivity index (χ2n) is 3.24. The van der Waals surface area contributed by atoms with Gasteiger partial charge in [0.25, 0.3) is 15.1 Å². The lowest BCUT2D eigenvalue weighted by molar-refractivity contribution is 0.318. The Morgan fingerprint density at radius 1 is 1.54 bits per heavy atom. The maximum atomic E-state index is 10.8. The minimum absolute atomic E-state index is 0.241. The number of nitrogens with zero attached hydrogens (tertiary/aromatic N) is 1. The molecule has 2 rings (SSSR count). The summed E-state index contributed by atoms with van der Waals surface area (Å²) in [5.74, 6) is 0.360. The lowest BCUT2D eigenvalue weighted by atomic mass is 9.83. The monoisotopic (exact) mass is 202 g/mol. The Labute approximate surface area is 76.0 Å². The first-order valence-electron chi connectivity index (χ1n) is 4.07. The van der Waals surface area contributed by atoms with E-state index in [9.17, 15) is 8.42 Å². The van der Waals surface area contributed by atoms with Gasteiger partial charge in [0.2, 0.25) is 0 Å². The van der Waals surface area contributed by atoms with E-state index in [1.807, 2.05) is 0 Å². The smallest absolute Gasteiger partial charge is 0.274 e. The summed E-state index contributed by atoms with van der Waals surface area (Å²) in [5.41, 5.74) is 0.704. The highest BCUT2D eigenvalue weighted by Gasteiger charge is 2.25. The zero-order valence-electron chi connectivity index (χ0n) is 6.93. The van der Waals surface area contributed by atoms with Crippen molar-refractivity contribution >= 4 is 10.0 Å². The normalized spacial score (nSPS) is 18.5. The van der Waals surface area contributed by atoms with Crippen LogP contribution in [0, 0.1) is 0 Å². The number of rotatable bonds is 2. The summed E-state index contributed by atoms with van der Waals surface area (Å²) in [6, 6.07) is 1.42. The number of hydrogen-bond donors (Lipinski definition) is 1. The van der Waals surface area contributed by atoms with E-state index in [2.05, 4.69) is 9.68 Å². The molecule has 6 heteroatoms. The number of sulfonamides is 1. The lowest BCUT2D eigenvalue weighted by Crippen LogP contribution is -2.11. The van der Waals surface area contributed by atoms with Crippen LogP contribution >= 0.6 is 0 Å². The van der Waals surface area contributed by atoms with Gasteiger partial charge in [0.15, 0.2) is 0 Å². The van der Waals surface area contributed by atoms with E-state index in [4.69, 9.17) is 5.14 Å². The van der Waals surface area contributed by atoms with E-state index in [0.29, 0.717) is 11.6 Å². The summed E-state index contributed by atoms with van der Waals surface area (Å²) in [5, 5.41) is 8.30. The van der Waals surface area contributed by atoms with Crippen molar-refractivity contribution in [1.82, 2.24) is 5.16 Å². The molecular weight excluding hydrogens is 192 g/mol. The molecule has 1 aliphatic carbocycles. The third-order valence-electron chi connectivity index (χ3n) is 2.31. The Kier molecular flexibility index (Phi) is 1.88. The van der Waals surface area contributed by atoms with Gasteiger partial charge in [-0.1, -0.05) is 11.6 Å². The average molecular weight is 202 g/mol. The van der Waals surface area contributed by atoms with Crippen molar-refractivity contribution in [3.63, 3.8) is 0 Å². The third-order valence-corrected chi connectivity index (χ3v) is 3.06. The summed E-state index contributed by atoms with van der Waals surface area (Å²) in [6.07, 6.45) is 3.27. The van der Waals surface area contributed by atoms with Gasteiger partial charge in [-0.3, -0.25) is 0 Å². The largest absolute Gasteiger partial charge is 0.343 e. The highest BCUT2D eigenvalue weighted by Crippen LogP contribution is 2.36. The van der Waals surface area contributed by atoms with Crippen LogP contribution in [0.2, 0.25) is 0 Å². The molecule has 5 nitrogen and oxygen atoms in total. The van der Waals surface area contributed by atoms with E-state index in [-0.39, 0.29) is 5.09 Å². The Bertz CT molecular complexity index is 405. The number of hydrogen-bond acceptors (Lipinski definition) is 4. The molecule has 0 aromatic carbocycles. The van der Waals surface area contributed by atoms with Crippen LogP contribution in [0.5, 0.6) is 0 Å². The molecule has 1 fully saturated rings. The Balaban J connectivity index is 2.27. The first kappa shape index (κ1) is 8.71. The maximum Gasteiger partial charge on any atom is 0.274 e. The van der Waals surface area contributed by atoms with Crippen LogP contribution in [0.15, 0.2) is 15.7 Å². The van der Waals surface area contributed by atoms with Gasteiger partial charge in [-0.2, -0.15) is 0 Å². The van der Waals surface area contributed by atoms with E-state index < -0.39 is 10.0 Å². The summed E-state index contributed by atoms with van der Waals surface area (Å²) >= 11 is 0. The molecule has 1 aromatic rings. The van der Waals surface area contributed by atoms with Gasteiger partial charge in [-0.05, 0) is 12.8 Å². The molecule has 0 radical (unpaired) electrons. The molecule has 1 saturated carbocycles. The number of primary sulfonamides is 1. The van der Waals surface area contributed by atoms with Crippen LogP contribution < -0.4 is 5.14 Å². The first-order chi connectivity index (χ1) is 6.07. The van der Waals surface area contributed by atoms with Crippen molar-refractivity contribution in [2.75, 3.05) is 0 Å². The van der Waals surface area contributed by atoms with Crippen LogP contribution in [-0.2, 0) is 10.0 Å². The maximum absolute atomic E-state index is 10.8. The molecule has 0 saturated heterocycles. The minimum atomic E-state index is -3.73. The summed E-state index contributed by atoms with van der Waals surface area (Å²) in [7, 11) is -3.73. The third kappa shape index (κ3) is 1.59. The molecule has 0 amide bonds. The topological polar surface area (TPSA) is 86.2 Å². The molecule has 1 aliphatic rings. The molecule has 0 aliphatic heterocycles. The van der Waals surface area contributed by atoms with Crippen LogP contribution in [-0.4, -0.2) is 13.6 Å². The van der Waals surface area contributed by atoms with Crippen molar-refractivity contribution < 1.29 is 12.9 Å². The Morgan fingerprint density at radius 3 is 2.62 bits per heavy atom. The fourth-order valence-electron chi connectivity index (χ4n) is 1.30. The van der Waals surface area contributed by atoms with Gasteiger partial charge in [0.05, 0.1) is 5.69 Å². The summed E-state index contributed by atoms with van der Waals surface area (Å²) < 4.78 is 26.3. The van der Waals surface area contributed by atoms with Gasteiger partial charge in [-0.15, -0.1) is 0 Å². The number of nitrogens with two attached hydrogens (primary N) is 1. The summed E-state index contributed by atoms with van der Waals surface area (Å²) in [6.45, 7) is 0. The molecule has 1 aromatic heterocycles. The zero-order valence-corrected chi connectivity index (χ0v) is 7.75. The molecule has 2 N–H and O–H groups in total. The molecule has 0 bridgehead atoms. The van der Waals surface area contributed by atoms with E-state index in [1.54, 1.807) is 0 Å². The second kappa shape index (κ2) is 2.81. The molecule has 72 valence electrons. The van der Waals surface area contributed by atoms with Gasteiger partial charge in [0.1, 0.15) is 0 Å². The van der Waals surface area contributed by atoms with Crippen molar-refractivity contribution in [3.8, 4) is 0 Å². The van der Waals surface area contributed by atoms with Gasteiger partial charge < -0.3 is 4.52 Å². The summed E-state index contributed by atoms with van der Waals surface area (Å²) in [4.78, 5) is 0. The lowest BCUT2D eigenvalue weighted by Gasteiger charge is -2.22. The van der Waals surface area contributed by atoms with Crippen molar-refractivity contribution in [3.05, 3.63) is 11.8 Å². The van der Waals surface area contributed by atoms with E-state index in [1.165, 1.54) is 12.5 Å². The standard InChI is InChI=1S/C7H10N2O3S/c8-13(10,11)7-4-6(9-12-7)5-2-1-3-5/h4-5H,1-3H2,(H2,8,10,11). The fraction of sp³-hybridized carbons (Fsp3) is 0.571. The molecule has 0 spiro atoms. The Morgan fingerprint density at radius 2 is 2.23 bits per heavy atom. The molecule has 0 unspecified atom stereocenters. The fourth-order valence-corrected chi connectivity index (χ4v) is 1.73. The van der Waals surface area contributed by atoms with Crippen molar-refractivity contribution in [1.29, 1.82) is 0 Å². The SMILES string of the molecule is NS(=O)(=O)c1cc(C2CCC2)no1. The van der Waals surface area contributed by atoms with E-state index in [0.717, 1.165) is 12.8 Å². The quantitative estimate of drug-likeness (QED) is 0.760. The number of aromatic nitrogens is 1. The van der Waals surface area contributed by atoms with Crippen molar-refractivity contribution in [2.45, 2.75) is 30.3 Å². The first-order valence-corrected chi connectivity index (χ1v) is 5.61. The predicted octanol–water partition coefficient (Wildman–Crippen LogP) is 0.590. The van der Waals surface area contributed by atoms with Crippen LogP contribution in [0.3, 0.4) is 0 Å².